The van der Waals surface area contributed by atoms with E-state index in [9.17, 15) is 9.59 Å². The number of hydrogen-bond acceptors (Lipinski definition) is 3. The summed E-state index contributed by atoms with van der Waals surface area (Å²) in [5.74, 6) is -0.00566. The van der Waals surface area contributed by atoms with E-state index in [1.54, 1.807) is 0 Å². The fourth-order valence-electron chi connectivity index (χ4n) is 5.97. The first-order valence-corrected chi connectivity index (χ1v) is 12.5. The van der Waals surface area contributed by atoms with Gasteiger partial charge in [0.05, 0.1) is 5.92 Å². The first kappa shape index (κ1) is 22.0. The van der Waals surface area contributed by atoms with Crippen LogP contribution in [0.3, 0.4) is 0 Å². The third-order valence-corrected chi connectivity index (χ3v) is 8.06. The molecule has 2 unspecified atom stereocenters. The van der Waals surface area contributed by atoms with Gasteiger partial charge in [0.15, 0.2) is 0 Å². The Kier molecular flexibility index (Phi) is 6.13. The number of para-hydroxylation sites is 1. The Balaban J connectivity index is 1.27. The molecule has 2 heterocycles. The second-order valence-electron chi connectivity index (χ2n) is 9.90. The van der Waals surface area contributed by atoms with Gasteiger partial charge in [-0.25, -0.2) is 0 Å². The number of aryl methyl sites for hydroxylation is 1. The Labute approximate surface area is 197 Å². The molecule has 1 aliphatic carbocycles. The molecule has 174 valence electrons. The maximum absolute atomic E-state index is 13.6. The van der Waals surface area contributed by atoms with E-state index in [1.165, 1.54) is 22.4 Å². The minimum atomic E-state index is -0.186. The van der Waals surface area contributed by atoms with Crippen LogP contribution in [0.2, 0.25) is 0 Å². The molecule has 2 aromatic rings. The van der Waals surface area contributed by atoms with Crippen molar-refractivity contribution in [3.8, 4) is 0 Å². The lowest BCUT2D eigenvalue weighted by molar-refractivity contribution is -0.143. The van der Waals surface area contributed by atoms with Crippen molar-refractivity contribution in [1.29, 1.82) is 0 Å². The van der Waals surface area contributed by atoms with Gasteiger partial charge in [0.2, 0.25) is 11.8 Å². The van der Waals surface area contributed by atoms with E-state index in [0.717, 1.165) is 70.5 Å². The summed E-state index contributed by atoms with van der Waals surface area (Å²) in [5.41, 5.74) is 6.19. The third-order valence-electron chi connectivity index (χ3n) is 8.06. The van der Waals surface area contributed by atoms with Gasteiger partial charge in [-0.2, -0.15) is 0 Å². The van der Waals surface area contributed by atoms with E-state index in [-0.39, 0.29) is 23.7 Å². The number of rotatable bonds is 3. The lowest BCUT2D eigenvalue weighted by Crippen LogP contribution is -2.53. The molecule has 0 N–H and O–H groups in total. The minimum Gasteiger partial charge on any atom is -0.368 e. The van der Waals surface area contributed by atoms with Gasteiger partial charge in [-0.05, 0) is 61.9 Å². The quantitative estimate of drug-likeness (QED) is 0.706. The molecule has 1 saturated heterocycles. The molecule has 5 heteroatoms. The van der Waals surface area contributed by atoms with Crippen molar-refractivity contribution in [2.75, 3.05) is 42.5 Å². The fraction of sp³-hybridized carbons (Fsp3) is 0.500. The molecule has 0 spiro atoms. The number of anilines is 2. The average Bonchev–Trinajstić information content (AvgIpc) is 3.29. The molecule has 2 atom stereocenters. The van der Waals surface area contributed by atoms with E-state index < -0.39 is 0 Å². The molecule has 33 heavy (non-hydrogen) atoms. The zero-order chi connectivity index (χ0) is 22.9. The van der Waals surface area contributed by atoms with Crippen LogP contribution < -0.4 is 9.80 Å². The molecule has 5 rings (SSSR count). The van der Waals surface area contributed by atoms with Crippen LogP contribution in [-0.4, -0.2) is 49.4 Å². The van der Waals surface area contributed by atoms with Crippen molar-refractivity contribution in [2.45, 2.75) is 46.0 Å². The summed E-state index contributed by atoms with van der Waals surface area (Å²) in [6, 6.07) is 14.7. The average molecular weight is 446 g/mol. The molecule has 2 aliphatic heterocycles. The molecule has 0 bridgehead atoms. The fourth-order valence-corrected chi connectivity index (χ4v) is 5.97. The van der Waals surface area contributed by atoms with Crippen molar-refractivity contribution in [2.24, 2.45) is 11.8 Å². The molecular formula is C28H35N3O2. The number of carbonyl (C=O) groups excluding carboxylic acids is 2. The van der Waals surface area contributed by atoms with Crippen molar-refractivity contribution in [1.82, 2.24) is 4.90 Å². The first-order chi connectivity index (χ1) is 16.0. The lowest BCUT2D eigenvalue weighted by atomic mass is 9.77. The highest BCUT2D eigenvalue weighted by Gasteiger charge is 2.41. The smallest absolute Gasteiger partial charge is 0.230 e. The Morgan fingerprint density at radius 3 is 2.18 bits per heavy atom. The number of piperazine rings is 1. The number of benzene rings is 2. The number of fused-ring (bicyclic) bond motifs is 1. The Morgan fingerprint density at radius 2 is 1.42 bits per heavy atom. The van der Waals surface area contributed by atoms with E-state index in [0.29, 0.717) is 0 Å². The predicted molar refractivity (Wildman–Crippen MR) is 133 cm³/mol. The second kappa shape index (κ2) is 9.20. The highest BCUT2D eigenvalue weighted by Crippen LogP contribution is 2.37. The number of nitrogens with zero attached hydrogens (tertiary/aromatic N) is 3. The van der Waals surface area contributed by atoms with Crippen molar-refractivity contribution in [3.63, 3.8) is 0 Å². The third kappa shape index (κ3) is 4.14. The van der Waals surface area contributed by atoms with Crippen LogP contribution in [0.25, 0.3) is 0 Å². The SMILES string of the molecule is Cc1cccc(N2CCN(C(=O)C3CCCCC3C(=O)N3CCc4ccccc43)CC2)c1C. The summed E-state index contributed by atoms with van der Waals surface area (Å²) in [4.78, 5) is 33.6. The van der Waals surface area contributed by atoms with E-state index in [2.05, 4.69) is 43.0 Å². The summed E-state index contributed by atoms with van der Waals surface area (Å²) in [6.45, 7) is 8.23. The topological polar surface area (TPSA) is 43.9 Å². The van der Waals surface area contributed by atoms with Gasteiger partial charge in [0, 0.05) is 50.0 Å². The summed E-state index contributed by atoms with van der Waals surface area (Å²) in [7, 11) is 0. The van der Waals surface area contributed by atoms with Crippen molar-refractivity contribution < 1.29 is 9.59 Å². The zero-order valence-electron chi connectivity index (χ0n) is 19.9. The summed E-state index contributed by atoms with van der Waals surface area (Å²) in [6.07, 6.45) is 4.65. The second-order valence-corrected chi connectivity index (χ2v) is 9.90. The van der Waals surface area contributed by atoms with E-state index in [4.69, 9.17) is 0 Å². The number of carbonyl (C=O) groups is 2. The summed E-state index contributed by atoms with van der Waals surface area (Å²) >= 11 is 0. The molecule has 5 nitrogen and oxygen atoms in total. The van der Waals surface area contributed by atoms with Gasteiger partial charge in [-0.1, -0.05) is 43.2 Å². The van der Waals surface area contributed by atoms with Crippen LogP contribution in [0.5, 0.6) is 0 Å². The molecule has 3 aliphatic rings. The molecule has 0 radical (unpaired) electrons. The molecule has 2 amide bonds. The van der Waals surface area contributed by atoms with Gasteiger partial charge in [0.25, 0.3) is 0 Å². The molecule has 1 saturated carbocycles. The van der Waals surface area contributed by atoms with Gasteiger partial charge < -0.3 is 14.7 Å². The lowest BCUT2D eigenvalue weighted by Gasteiger charge is -2.40. The van der Waals surface area contributed by atoms with Crippen molar-refractivity contribution >= 4 is 23.2 Å². The van der Waals surface area contributed by atoms with Crippen LogP contribution >= 0.6 is 0 Å². The van der Waals surface area contributed by atoms with Crippen LogP contribution in [0, 0.1) is 25.7 Å². The molecular weight excluding hydrogens is 410 g/mol. The van der Waals surface area contributed by atoms with E-state index >= 15 is 0 Å². The van der Waals surface area contributed by atoms with Crippen LogP contribution in [-0.2, 0) is 16.0 Å². The van der Waals surface area contributed by atoms with Crippen molar-refractivity contribution in [3.05, 3.63) is 59.2 Å². The first-order valence-electron chi connectivity index (χ1n) is 12.5. The van der Waals surface area contributed by atoms with Gasteiger partial charge in [-0.15, -0.1) is 0 Å². The molecule has 0 aromatic heterocycles. The minimum absolute atomic E-state index is 0.159. The molecule has 2 aromatic carbocycles. The number of hydrogen-bond donors (Lipinski definition) is 0. The van der Waals surface area contributed by atoms with Crippen LogP contribution in [0.4, 0.5) is 11.4 Å². The Hall–Kier alpha value is -2.82. The Morgan fingerprint density at radius 1 is 0.758 bits per heavy atom. The molecule has 2 fully saturated rings. The summed E-state index contributed by atoms with van der Waals surface area (Å²) < 4.78 is 0. The highest BCUT2D eigenvalue weighted by molar-refractivity contribution is 5.99. The van der Waals surface area contributed by atoms with E-state index in [1.807, 2.05) is 28.0 Å². The van der Waals surface area contributed by atoms with Gasteiger partial charge >= 0.3 is 0 Å². The normalized spacial score (nSPS) is 22.9. The number of amides is 2. The predicted octanol–water partition coefficient (Wildman–Crippen LogP) is 4.35. The van der Waals surface area contributed by atoms with Gasteiger partial charge in [0.1, 0.15) is 0 Å². The van der Waals surface area contributed by atoms with Gasteiger partial charge in [-0.3, -0.25) is 9.59 Å². The van der Waals surface area contributed by atoms with Crippen LogP contribution in [0.15, 0.2) is 42.5 Å². The zero-order valence-corrected chi connectivity index (χ0v) is 19.9. The summed E-state index contributed by atoms with van der Waals surface area (Å²) in [5, 5.41) is 0. The standard InChI is InChI=1S/C28H35N3O2/c1-20-8-7-13-25(21(20)2)29-16-18-30(19-17-29)27(32)23-10-4-5-11-24(23)28(33)31-15-14-22-9-3-6-12-26(22)31/h3,6-9,12-13,23-24H,4-5,10-11,14-19H2,1-2H3. The monoisotopic (exact) mass is 445 g/mol. The highest BCUT2D eigenvalue weighted by atomic mass is 16.2. The van der Waals surface area contributed by atoms with Crippen LogP contribution in [0.1, 0.15) is 42.4 Å². The maximum Gasteiger partial charge on any atom is 0.230 e. The maximum atomic E-state index is 13.6. The Bertz CT molecular complexity index is 1040. The largest absolute Gasteiger partial charge is 0.368 e.